The third-order valence-corrected chi connectivity index (χ3v) is 5.13. The van der Waals surface area contributed by atoms with E-state index in [4.69, 9.17) is 11.6 Å². The van der Waals surface area contributed by atoms with Gasteiger partial charge in [0, 0.05) is 31.0 Å². The van der Waals surface area contributed by atoms with E-state index in [1.165, 1.54) is 19.2 Å². The Morgan fingerprint density at radius 3 is 2.52 bits per heavy atom. The van der Waals surface area contributed by atoms with E-state index < -0.39 is 54.5 Å². The summed E-state index contributed by atoms with van der Waals surface area (Å²) >= 11 is 5.92. The highest BCUT2D eigenvalue weighted by molar-refractivity contribution is 6.38. The minimum atomic E-state index is -4.53. The number of likely N-dealkylation sites (N-methyl/N-ethyl adjacent to an activating group) is 1. The van der Waals surface area contributed by atoms with Crippen molar-refractivity contribution in [3.05, 3.63) is 28.8 Å². The van der Waals surface area contributed by atoms with Gasteiger partial charge in [-0.15, -0.1) is 0 Å². The number of carbonyl (C=O) groups excluding carboxylic acids is 5. The molecular weight excluding hydrogens is 469 g/mol. The van der Waals surface area contributed by atoms with Crippen LogP contribution in [0.4, 0.5) is 18.9 Å². The molecule has 4 N–H and O–H groups in total. The van der Waals surface area contributed by atoms with Crippen LogP contribution in [0.2, 0.25) is 5.02 Å². The second-order valence-corrected chi connectivity index (χ2v) is 7.77. The smallest absolute Gasteiger partial charge is 0.356 e. The molecule has 33 heavy (non-hydrogen) atoms. The van der Waals surface area contributed by atoms with Crippen molar-refractivity contribution in [3.63, 3.8) is 0 Å². The largest absolute Gasteiger partial charge is 0.389 e. The van der Waals surface area contributed by atoms with Crippen molar-refractivity contribution < 1.29 is 37.1 Å². The van der Waals surface area contributed by atoms with Gasteiger partial charge in [-0.1, -0.05) is 11.6 Å². The van der Waals surface area contributed by atoms with Crippen LogP contribution in [0.5, 0.6) is 0 Å². The molecule has 1 unspecified atom stereocenters. The standard InChI is InChI=1S/C20H22ClF3N4O5/c1-25-19(33)16(30)14(8-10-5-7-26-17(10)31)28-18(32)12-9-11(21)2-3-13(12)27-15(29)4-6-20(22,23)24/h2-3,9-10,14H,4-8H2,1H3,(H,25,33)(H,26,31)(H,27,29)(H,28,32)/t10-,14?/m0/s1. The molecule has 1 aromatic rings. The molecule has 13 heteroatoms. The quantitative estimate of drug-likeness (QED) is 0.390. The summed E-state index contributed by atoms with van der Waals surface area (Å²) in [4.78, 5) is 61.1. The van der Waals surface area contributed by atoms with E-state index in [2.05, 4.69) is 21.3 Å². The average Bonchev–Trinajstić information content (AvgIpc) is 3.15. The predicted molar refractivity (Wildman–Crippen MR) is 111 cm³/mol. The van der Waals surface area contributed by atoms with Gasteiger partial charge < -0.3 is 21.3 Å². The molecular formula is C20H22ClF3N4O5. The Bertz CT molecular complexity index is 954. The van der Waals surface area contributed by atoms with E-state index in [9.17, 15) is 37.1 Å². The molecule has 0 aromatic heterocycles. The molecule has 1 saturated heterocycles. The molecule has 9 nitrogen and oxygen atoms in total. The third kappa shape index (κ3) is 7.74. The number of hydrogen-bond donors (Lipinski definition) is 4. The van der Waals surface area contributed by atoms with Crippen LogP contribution >= 0.6 is 11.6 Å². The van der Waals surface area contributed by atoms with Crippen LogP contribution in [0.25, 0.3) is 0 Å². The lowest BCUT2D eigenvalue weighted by Crippen LogP contribution is -2.48. The molecule has 180 valence electrons. The lowest BCUT2D eigenvalue weighted by atomic mass is 9.95. The highest BCUT2D eigenvalue weighted by Crippen LogP contribution is 2.24. The lowest BCUT2D eigenvalue weighted by Gasteiger charge is -2.20. The molecule has 0 saturated carbocycles. The van der Waals surface area contributed by atoms with E-state index in [-0.39, 0.29) is 28.6 Å². The normalized spacial score (nSPS) is 16.5. The van der Waals surface area contributed by atoms with E-state index in [1.54, 1.807) is 0 Å². The molecule has 1 aliphatic heterocycles. The van der Waals surface area contributed by atoms with Crippen LogP contribution in [0.1, 0.15) is 36.0 Å². The minimum absolute atomic E-state index is 0.0813. The average molecular weight is 491 g/mol. The van der Waals surface area contributed by atoms with Crippen LogP contribution in [-0.2, 0) is 19.2 Å². The van der Waals surface area contributed by atoms with Crippen molar-refractivity contribution in [1.29, 1.82) is 0 Å². The fraction of sp³-hybridized carbons (Fsp3) is 0.450. The number of alkyl halides is 3. The first-order valence-electron chi connectivity index (χ1n) is 9.92. The Labute approximate surface area is 191 Å². The first-order chi connectivity index (χ1) is 15.4. The first-order valence-corrected chi connectivity index (χ1v) is 10.3. The van der Waals surface area contributed by atoms with Gasteiger partial charge in [0.25, 0.3) is 11.8 Å². The number of ketones is 1. The maximum atomic E-state index is 12.9. The number of benzene rings is 1. The van der Waals surface area contributed by atoms with Gasteiger partial charge in [0.05, 0.1) is 23.7 Å². The summed E-state index contributed by atoms with van der Waals surface area (Å²) in [6, 6.07) is 2.33. The van der Waals surface area contributed by atoms with Gasteiger partial charge in [-0.3, -0.25) is 24.0 Å². The highest BCUT2D eigenvalue weighted by Gasteiger charge is 2.34. The van der Waals surface area contributed by atoms with Crippen molar-refractivity contribution in [2.24, 2.45) is 5.92 Å². The molecule has 4 amide bonds. The van der Waals surface area contributed by atoms with Gasteiger partial charge in [0.2, 0.25) is 17.6 Å². The summed E-state index contributed by atoms with van der Waals surface area (Å²) in [5.74, 6) is -4.79. The number of nitrogens with one attached hydrogen (secondary N) is 4. The second kappa shape index (κ2) is 11.1. The zero-order valence-electron chi connectivity index (χ0n) is 17.5. The van der Waals surface area contributed by atoms with Crippen LogP contribution in [-0.4, -0.2) is 55.2 Å². The Kier molecular flexibility index (Phi) is 8.80. The third-order valence-electron chi connectivity index (χ3n) is 4.89. The highest BCUT2D eigenvalue weighted by atomic mass is 35.5. The molecule has 1 fully saturated rings. The monoisotopic (exact) mass is 490 g/mol. The number of carbonyl (C=O) groups is 5. The summed E-state index contributed by atoms with van der Waals surface area (Å²) < 4.78 is 37.1. The first kappa shape index (κ1) is 26.1. The maximum Gasteiger partial charge on any atom is 0.389 e. The summed E-state index contributed by atoms with van der Waals surface area (Å²) in [5, 5.41) is 9.43. The second-order valence-electron chi connectivity index (χ2n) is 7.34. The Morgan fingerprint density at radius 1 is 1.24 bits per heavy atom. The molecule has 1 aliphatic rings. The minimum Gasteiger partial charge on any atom is -0.356 e. The fourth-order valence-corrected chi connectivity index (χ4v) is 3.36. The summed E-state index contributed by atoms with van der Waals surface area (Å²) in [5.41, 5.74) is -0.359. The summed E-state index contributed by atoms with van der Waals surface area (Å²) in [6.07, 6.45) is -6.47. The lowest BCUT2D eigenvalue weighted by molar-refractivity contribution is -0.142. The van der Waals surface area contributed by atoms with Crippen LogP contribution < -0.4 is 21.3 Å². The Morgan fingerprint density at radius 2 is 1.94 bits per heavy atom. The number of rotatable bonds is 9. The number of halogens is 4. The molecule has 2 atom stereocenters. The van der Waals surface area contributed by atoms with Crippen molar-refractivity contribution >= 4 is 46.7 Å². The molecule has 0 bridgehead atoms. The van der Waals surface area contributed by atoms with Gasteiger partial charge in [0.15, 0.2) is 0 Å². The van der Waals surface area contributed by atoms with E-state index in [1.807, 2.05) is 0 Å². The van der Waals surface area contributed by atoms with Crippen LogP contribution in [0.3, 0.4) is 0 Å². The van der Waals surface area contributed by atoms with Crippen molar-refractivity contribution in [2.45, 2.75) is 37.9 Å². The molecule has 1 aromatic carbocycles. The van der Waals surface area contributed by atoms with Crippen LogP contribution in [0.15, 0.2) is 18.2 Å². The topological polar surface area (TPSA) is 133 Å². The van der Waals surface area contributed by atoms with E-state index >= 15 is 0 Å². The van der Waals surface area contributed by atoms with E-state index in [0.717, 1.165) is 6.07 Å². The van der Waals surface area contributed by atoms with Crippen molar-refractivity contribution in [2.75, 3.05) is 18.9 Å². The predicted octanol–water partition coefficient (Wildman–Crippen LogP) is 1.56. The van der Waals surface area contributed by atoms with Gasteiger partial charge in [-0.05, 0) is 31.0 Å². The van der Waals surface area contributed by atoms with Gasteiger partial charge in [0.1, 0.15) is 0 Å². The number of hydrogen-bond acceptors (Lipinski definition) is 5. The van der Waals surface area contributed by atoms with Gasteiger partial charge >= 0.3 is 6.18 Å². The molecule has 0 radical (unpaired) electrons. The van der Waals surface area contributed by atoms with Gasteiger partial charge in [-0.25, -0.2) is 0 Å². The van der Waals surface area contributed by atoms with Crippen molar-refractivity contribution in [1.82, 2.24) is 16.0 Å². The number of Topliss-reactive ketones (excluding diaryl/α,β-unsaturated/α-hetero) is 1. The van der Waals surface area contributed by atoms with E-state index in [0.29, 0.717) is 13.0 Å². The summed E-state index contributed by atoms with van der Waals surface area (Å²) in [7, 11) is 1.23. The number of amides is 4. The molecule has 2 rings (SSSR count). The molecule has 0 aliphatic carbocycles. The number of anilines is 1. The maximum absolute atomic E-state index is 12.9. The zero-order valence-corrected chi connectivity index (χ0v) is 18.2. The van der Waals surface area contributed by atoms with Crippen LogP contribution in [0, 0.1) is 5.92 Å². The fourth-order valence-electron chi connectivity index (χ4n) is 3.18. The Hall–Kier alpha value is -3.15. The SMILES string of the molecule is CNC(=O)C(=O)C(C[C@@H]1CCNC1=O)NC(=O)c1cc(Cl)ccc1NC(=O)CCC(F)(F)F. The zero-order chi connectivity index (χ0) is 24.8. The molecule has 0 spiro atoms. The van der Waals surface area contributed by atoms with Crippen molar-refractivity contribution in [3.8, 4) is 0 Å². The Balaban J connectivity index is 2.22. The van der Waals surface area contributed by atoms with Gasteiger partial charge in [-0.2, -0.15) is 13.2 Å². The summed E-state index contributed by atoms with van der Waals surface area (Å²) in [6.45, 7) is 0.390. The molecule has 1 heterocycles.